The Morgan fingerprint density at radius 3 is 2.53 bits per heavy atom. The number of hydrogen-bond donors (Lipinski definition) is 2. The number of rotatable bonds is 7. The van der Waals surface area contributed by atoms with Gasteiger partial charge in [0.1, 0.15) is 4.75 Å². The van der Waals surface area contributed by atoms with Crippen molar-refractivity contribution >= 4 is 17.5 Å². The summed E-state index contributed by atoms with van der Waals surface area (Å²) in [7, 11) is 0. The van der Waals surface area contributed by atoms with Crippen molar-refractivity contribution < 1.29 is 14.1 Å². The maximum atomic E-state index is 11.8. The van der Waals surface area contributed by atoms with Crippen molar-refractivity contribution in [2.45, 2.75) is 57.7 Å². The highest BCUT2D eigenvalue weighted by Crippen LogP contribution is 2.14. The van der Waals surface area contributed by atoms with Crippen LogP contribution >= 0.6 is 0 Å². The highest BCUT2D eigenvalue weighted by atomic mass is 32.2. The molecule has 1 amide bonds. The first-order valence-electron chi connectivity index (χ1n) is 5.83. The number of unbranched alkanes of at least 4 members (excludes halogenated alkanes) is 1. The van der Waals surface area contributed by atoms with Crippen LogP contribution in [0.5, 0.6) is 0 Å². The third-order valence-electron chi connectivity index (χ3n) is 2.14. The molecule has 0 radical (unpaired) electrons. The van der Waals surface area contributed by atoms with E-state index in [1.165, 1.54) is 0 Å². The molecule has 0 spiro atoms. The molecule has 0 fully saturated rings. The van der Waals surface area contributed by atoms with Crippen LogP contribution in [-0.2, 0) is 16.1 Å². The van der Waals surface area contributed by atoms with Gasteiger partial charge < -0.3 is 15.0 Å². The Bertz CT molecular complexity index is 231. The topological polar surface area (TPSA) is 87.4 Å². The van der Waals surface area contributed by atoms with Crippen LogP contribution in [0.15, 0.2) is 0 Å². The van der Waals surface area contributed by atoms with Gasteiger partial charge >= 0.3 is 6.09 Å². The molecule has 17 heavy (non-hydrogen) atoms. The second-order valence-electron chi connectivity index (χ2n) is 5.06. The van der Waals surface area contributed by atoms with Gasteiger partial charge in [-0.05, 0) is 47.0 Å². The molecule has 0 saturated carbocycles. The number of amides is 1. The largest absolute Gasteiger partial charge is 0.598 e. The van der Waals surface area contributed by atoms with Gasteiger partial charge in [-0.1, -0.05) is 0 Å². The van der Waals surface area contributed by atoms with Gasteiger partial charge in [-0.25, -0.2) is 4.79 Å². The standard InChI is InChI=1S/C11H24N2O3S/c1-9(13-17(15)11(2,3)4)7-5-6-8-16-10(12)14/h9,13H,5-8H2,1-4H3,(H2,12,14)/t9?,17-/m1/s1. The molecule has 3 N–H and O–H groups in total. The van der Waals surface area contributed by atoms with Crippen molar-refractivity contribution in [1.82, 2.24) is 4.72 Å². The molecule has 0 aromatic rings. The van der Waals surface area contributed by atoms with Crippen LogP contribution in [-0.4, -0.2) is 28.0 Å². The van der Waals surface area contributed by atoms with Crippen LogP contribution in [0, 0.1) is 0 Å². The zero-order chi connectivity index (χ0) is 13.5. The minimum atomic E-state index is -1.04. The molecule has 0 aromatic heterocycles. The van der Waals surface area contributed by atoms with E-state index >= 15 is 0 Å². The summed E-state index contributed by atoms with van der Waals surface area (Å²) in [6, 6.07) is 0.184. The third kappa shape index (κ3) is 9.26. The van der Waals surface area contributed by atoms with Gasteiger partial charge in [0.05, 0.1) is 6.61 Å². The average Bonchev–Trinajstić information content (AvgIpc) is 2.15. The Morgan fingerprint density at radius 1 is 1.47 bits per heavy atom. The predicted molar refractivity (Wildman–Crippen MR) is 69.9 cm³/mol. The molecule has 0 aliphatic carbocycles. The highest BCUT2D eigenvalue weighted by Gasteiger charge is 2.27. The zero-order valence-corrected chi connectivity index (χ0v) is 11.9. The molecule has 0 heterocycles. The average molecular weight is 264 g/mol. The molecule has 2 atom stereocenters. The molecular formula is C11H24N2O3S. The molecule has 0 aliphatic heterocycles. The molecule has 0 aromatic carbocycles. The zero-order valence-electron chi connectivity index (χ0n) is 11.1. The first kappa shape index (κ1) is 16.5. The van der Waals surface area contributed by atoms with Gasteiger partial charge in [-0.15, -0.1) is 4.72 Å². The summed E-state index contributed by atoms with van der Waals surface area (Å²) in [5.41, 5.74) is 4.83. The molecular weight excluding hydrogens is 240 g/mol. The molecule has 102 valence electrons. The van der Waals surface area contributed by atoms with Crippen molar-refractivity contribution in [2.75, 3.05) is 6.61 Å². The quantitative estimate of drug-likeness (QED) is 0.541. The molecule has 1 unspecified atom stereocenters. The Balaban J connectivity index is 3.59. The van der Waals surface area contributed by atoms with Gasteiger partial charge in [-0.3, -0.25) is 0 Å². The van der Waals surface area contributed by atoms with Gasteiger partial charge in [0.25, 0.3) is 0 Å². The van der Waals surface area contributed by atoms with Crippen LogP contribution in [0.2, 0.25) is 0 Å². The monoisotopic (exact) mass is 264 g/mol. The van der Waals surface area contributed by atoms with E-state index < -0.39 is 17.5 Å². The van der Waals surface area contributed by atoms with Gasteiger partial charge in [-0.2, -0.15) is 0 Å². The molecule has 0 saturated heterocycles. The lowest BCUT2D eigenvalue weighted by Crippen LogP contribution is -2.43. The van der Waals surface area contributed by atoms with E-state index in [0.717, 1.165) is 19.3 Å². The lowest BCUT2D eigenvalue weighted by molar-refractivity contribution is 0.154. The van der Waals surface area contributed by atoms with Gasteiger partial charge in [0, 0.05) is 17.4 Å². The van der Waals surface area contributed by atoms with E-state index in [1.54, 1.807) is 0 Å². The number of carbonyl (C=O) groups excluding carboxylic acids is 1. The Morgan fingerprint density at radius 2 is 2.06 bits per heavy atom. The SMILES string of the molecule is CC(CCCCOC(N)=O)N[S@+]([O-])C(C)(C)C. The lowest BCUT2D eigenvalue weighted by Gasteiger charge is -2.26. The first-order valence-corrected chi connectivity index (χ1v) is 6.98. The lowest BCUT2D eigenvalue weighted by atomic mass is 10.1. The normalized spacial score (nSPS) is 15.4. The minimum Gasteiger partial charge on any atom is -0.598 e. The minimum absolute atomic E-state index is 0.184. The van der Waals surface area contributed by atoms with E-state index in [4.69, 9.17) is 5.73 Å². The summed E-state index contributed by atoms with van der Waals surface area (Å²) < 4.78 is 19.2. The Labute approximate surface area is 107 Å². The van der Waals surface area contributed by atoms with Crippen LogP contribution in [0.1, 0.15) is 47.0 Å². The molecule has 5 nitrogen and oxygen atoms in total. The van der Waals surface area contributed by atoms with E-state index in [0.29, 0.717) is 6.61 Å². The van der Waals surface area contributed by atoms with Crippen LogP contribution in [0.25, 0.3) is 0 Å². The number of nitrogens with two attached hydrogens (primary N) is 1. The van der Waals surface area contributed by atoms with E-state index in [2.05, 4.69) is 9.46 Å². The summed E-state index contributed by atoms with van der Waals surface area (Å²) in [4.78, 5) is 10.3. The molecule has 0 rings (SSSR count). The van der Waals surface area contributed by atoms with E-state index in [-0.39, 0.29) is 10.8 Å². The summed E-state index contributed by atoms with van der Waals surface area (Å²) in [6.45, 7) is 8.15. The second kappa shape index (κ2) is 7.79. The fraction of sp³-hybridized carbons (Fsp3) is 0.909. The van der Waals surface area contributed by atoms with Crippen molar-refractivity contribution in [3.05, 3.63) is 0 Å². The van der Waals surface area contributed by atoms with Crippen LogP contribution in [0.4, 0.5) is 4.79 Å². The number of carbonyl (C=O) groups is 1. The molecule has 0 bridgehead atoms. The Kier molecular flexibility index (Phi) is 7.58. The fourth-order valence-corrected chi connectivity index (χ4v) is 1.98. The van der Waals surface area contributed by atoms with Gasteiger partial charge in [0.15, 0.2) is 0 Å². The summed E-state index contributed by atoms with van der Waals surface area (Å²) in [6.07, 6.45) is 1.84. The first-order chi connectivity index (χ1) is 7.73. The highest BCUT2D eigenvalue weighted by molar-refractivity contribution is 7.90. The number of ether oxygens (including phenoxy) is 1. The maximum absolute atomic E-state index is 11.8. The summed E-state index contributed by atoms with van der Waals surface area (Å²) in [5.74, 6) is 0. The third-order valence-corrected chi connectivity index (χ3v) is 3.87. The van der Waals surface area contributed by atoms with Crippen molar-refractivity contribution in [2.24, 2.45) is 5.73 Å². The fourth-order valence-electron chi connectivity index (χ4n) is 1.14. The van der Waals surface area contributed by atoms with Crippen molar-refractivity contribution in [3.63, 3.8) is 0 Å². The van der Waals surface area contributed by atoms with E-state index in [9.17, 15) is 9.35 Å². The Hall–Kier alpha value is -0.460. The van der Waals surface area contributed by atoms with Gasteiger partial charge in [0.2, 0.25) is 0 Å². The second-order valence-corrected chi connectivity index (χ2v) is 7.06. The van der Waals surface area contributed by atoms with E-state index in [1.807, 2.05) is 27.7 Å². The number of primary amides is 1. The summed E-state index contributed by atoms with van der Waals surface area (Å²) >= 11 is -1.04. The molecule has 0 aliphatic rings. The smallest absolute Gasteiger partial charge is 0.404 e. The predicted octanol–water partition coefficient (Wildman–Crippen LogP) is 1.69. The summed E-state index contributed by atoms with van der Waals surface area (Å²) in [5, 5.41) is 0. The number of nitrogens with one attached hydrogen (secondary N) is 1. The number of hydrogen-bond acceptors (Lipinski definition) is 4. The molecule has 6 heteroatoms. The van der Waals surface area contributed by atoms with Crippen molar-refractivity contribution in [1.29, 1.82) is 0 Å². The maximum Gasteiger partial charge on any atom is 0.404 e. The van der Waals surface area contributed by atoms with Crippen molar-refractivity contribution in [3.8, 4) is 0 Å². The van der Waals surface area contributed by atoms with Crippen LogP contribution in [0.3, 0.4) is 0 Å². The van der Waals surface area contributed by atoms with Crippen LogP contribution < -0.4 is 10.5 Å².